The van der Waals surface area contributed by atoms with E-state index in [1.54, 1.807) is 0 Å². The lowest BCUT2D eigenvalue weighted by atomic mass is 10.2. The Bertz CT molecular complexity index is 375. The second kappa shape index (κ2) is 4.41. The van der Waals surface area contributed by atoms with Crippen molar-refractivity contribution in [3.05, 3.63) is 39.6 Å². The van der Waals surface area contributed by atoms with Crippen LogP contribution in [-0.2, 0) is 0 Å². The highest BCUT2D eigenvalue weighted by Gasteiger charge is 2.34. The third-order valence-electron chi connectivity index (χ3n) is 1.45. The molecule has 0 heterocycles. The first-order valence-corrected chi connectivity index (χ1v) is 4.45. The van der Waals surface area contributed by atoms with E-state index >= 15 is 0 Å². The largest absolute Gasteiger partial charge is 0.442 e. The molecule has 0 spiro atoms. The maximum Gasteiger partial charge on any atom is 0.442 e. The fraction of sp³-hybridized carbons (Fsp3) is 0.111. The van der Waals surface area contributed by atoms with Crippen molar-refractivity contribution in [1.82, 2.24) is 0 Å². The first-order chi connectivity index (χ1) is 6.79. The molecule has 0 bridgehead atoms. The SMILES string of the molecule is F/C(=C/c1cc(Cl)cc(Cl)c1)C(F)(F)F. The molecule has 0 radical (unpaired) electrons. The van der Waals surface area contributed by atoms with Gasteiger partial charge in [0, 0.05) is 10.0 Å². The maximum absolute atomic E-state index is 12.5. The number of hydrogen-bond donors (Lipinski definition) is 0. The van der Waals surface area contributed by atoms with Gasteiger partial charge in [-0.15, -0.1) is 0 Å². The molecule has 1 rings (SSSR count). The Kier molecular flexibility index (Phi) is 3.62. The van der Waals surface area contributed by atoms with Crippen molar-refractivity contribution in [3.8, 4) is 0 Å². The van der Waals surface area contributed by atoms with Crippen molar-refractivity contribution in [3.63, 3.8) is 0 Å². The molecule has 6 heteroatoms. The van der Waals surface area contributed by atoms with Crippen molar-refractivity contribution < 1.29 is 17.6 Å². The molecule has 82 valence electrons. The van der Waals surface area contributed by atoms with E-state index in [1.165, 1.54) is 18.2 Å². The Morgan fingerprint density at radius 1 is 1.07 bits per heavy atom. The Morgan fingerprint density at radius 3 is 1.93 bits per heavy atom. The number of hydrogen-bond acceptors (Lipinski definition) is 0. The summed E-state index contributed by atoms with van der Waals surface area (Å²) in [6.45, 7) is 0. The van der Waals surface area contributed by atoms with Crippen LogP contribution < -0.4 is 0 Å². The van der Waals surface area contributed by atoms with Crippen molar-refractivity contribution in [2.75, 3.05) is 0 Å². The van der Waals surface area contributed by atoms with E-state index in [4.69, 9.17) is 23.2 Å². The molecule has 1 aromatic carbocycles. The smallest absolute Gasteiger partial charge is 0.202 e. The quantitative estimate of drug-likeness (QED) is 0.631. The fourth-order valence-electron chi connectivity index (χ4n) is 0.887. The zero-order chi connectivity index (χ0) is 11.6. The molecule has 0 nitrogen and oxygen atoms in total. The monoisotopic (exact) mass is 258 g/mol. The van der Waals surface area contributed by atoms with E-state index in [-0.39, 0.29) is 15.6 Å². The Hall–Kier alpha value is -0.740. The minimum atomic E-state index is -4.99. The number of allylic oxidation sites excluding steroid dienone is 1. The van der Waals surface area contributed by atoms with Crippen LogP contribution in [0, 0.1) is 0 Å². The van der Waals surface area contributed by atoms with Gasteiger partial charge in [-0.3, -0.25) is 0 Å². The molecule has 0 saturated heterocycles. The Balaban J connectivity index is 3.08. The average molecular weight is 259 g/mol. The lowest BCUT2D eigenvalue weighted by molar-refractivity contribution is -0.107. The summed E-state index contributed by atoms with van der Waals surface area (Å²) in [6, 6.07) is 3.70. The van der Waals surface area contributed by atoms with Gasteiger partial charge in [0.15, 0.2) is 0 Å². The van der Waals surface area contributed by atoms with Gasteiger partial charge in [-0.05, 0) is 29.8 Å². The summed E-state index contributed by atoms with van der Waals surface area (Å²) in [5.41, 5.74) is -0.0395. The van der Waals surface area contributed by atoms with Crippen molar-refractivity contribution in [2.45, 2.75) is 6.18 Å². The Morgan fingerprint density at radius 2 is 1.53 bits per heavy atom. The second-order valence-corrected chi connectivity index (χ2v) is 3.57. The van der Waals surface area contributed by atoms with E-state index in [1.807, 2.05) is 0 Å². The van der Waals surface area contributed by atoms with Crippen molar-refractivity contribution >= 4 is 29.3 Å². The number of rotatable bonds is 1. The van der Waals surface area contributed by atoms with Crippen LogP contribution in [-0.4, -0.2) is 6.18 Å². The number of alkyl halides is 3. The summed E-state index contributed by atoms with van der Waals surface area (Å²) < 4.78 is 48.0. The number of benzene rings is 1. The van der Waals surface area contributed by atoms with Crippen LogP contribution in [0.1, 0.15) is 5.56 Å². The predicted octanol–water partition coefficient (Wildman–Crippen LogP) is 4.87. The van der Waals surface area contributed by atoms with Crippen LogP contribution in [0.25, 0.3) is 6.08 Å². The zero-order valence-electron chi connectivity index (χ0n) is 7.08. The highest BCUT2D eigenvalue weighted by molar-refractivity contribution is 6.34. The van der Waals surface area contributed by atoms with Crippen molar-refractivity contribution in [1.29, 1.82) is 0 Å². The molecule has 0 amide bonds. The van der Waals surface area contributed by atoms with Crippen LogP contribution in [0.2, 0.25) is 10.0 Å². The summed E-state index contributed by atoms with van der Waals surface area (Å²) in [5.74, 6) is -2.19. The van der Waals surface area contributed by atoms with E-state index in [9.17, 15) is 17.6 Å². The molecule has 0 aliphatic carbocycles. The molecular formula is C9H4Cl2F4. The normalized spacial score (nSPS) is 13.1. The van der Waals surface area contributed by atoms with Gasteiger partial charge in [0.05, 0.1) is 0 Å². The summed E-state index contributed by atoms with van der Waals surface area (Å²) in [5, 5.41) is 0.285. The molecule has 0 unspecified atom stereocenters. The van der Waals surface area contributed by atoms with E-state index in [0.29, 0.717) is 6.08 Å². The minimum Gasteiger partial charge on any atom is -0.202 e. The first kappa shape index (κ1) is 12.3. The average Bonchev–Trinajstić information content (AvgIpc) is 1.99. The van der Waals surface area contributed by atoms with Gasteiger partial charge in [0.25, 0.3) is 0 Å². The molecule has 0 saturated carbocycles. The van der Waals surface area contributed by atoms with Crippen molar-refractivity contribution in [2.24, 2.45) is 0 Å². The van der Waals surface area contributed by atoms with Crippen LogP contribution >= 0.6 is 23.2 Å². The third kappa shape index (κ3) is 3.72. The highest BCUT2D eigenvalue weighted by Crippen LogP contribution is 2.29. The van der Waals surface area contributed by atoms with Gasteiger partial charge in [-0.2, -0.15) is 13.2 Å². The molecule has 0 atom stereocenters. The molecule has 1 aromatic rings. The van der Waals surface area contributed by atoms with Gasteiger partial charge >= 0.3 is 6.18 Å². The second-order valence-electron chi connectivity index (χ2n) is 2.69. The van der Waals surface area contributed by atoms with Crippen LogP contribution in [0.3, 0.4) is 0 Å². The molecule has 0 aliphatic rings. The molecule has 0 aliphatic heterocycles. The van der Waals surface area contributed by atoms with E-state index in [0.717, 1.165) is 0 Å². The lowest BCUT2D eigenvalue weighted by Crippen LogP contribution is -2.07. The Labute approximate surface area is 93.1 Å². The molecule has 0 N–H and O–H groups in total. The standard InChI is InChI=1S/C9H4Cl2F4/c10-6-1-5(2-7(11)4-6)3-8(12)9(13,14)15/h1-4H/b8-3+. The predicted molar refractivity (Wildman–Crippen MR) is 51.6 cm³/mol. The zero-order valence-corrected chi connectivity index (χ0v) is 8.59. The van der Waals surface area contributed by atoms with Crippen LogP contribution in [0.4, 0.5) is 17.6 Å². The van der Waals surface area contributed by atoms with Gasteiger partial charge in [0.2, 0.25) is 5.83 Å². The molecular weight excluding hydrogens is 255 g/mol. The molecule has 0 fully saturated rings. The molecule has 0 aromatic heterocycles. The maximum atomic E-state index is 12.5. The highest BCUT2D eigenvalue weighted by atomic mass is 35.5. The topological polar surface area (TPSA) is 0 Å². The van der Waals surface area contributed by atoms with E-state index in [2.05, 4.69) is 0 Å². The summed E-state index contributed by atoms with van der Waals surface area (Å²) >= 11 is 11.1. The first-order valence-electron chi connectivity index (χ1n) is 3.69. The van der Waals surface area contributed by atoms with Crippen LogP contribution in [0.5, 0.6) is 0 Å². The third-order valence-corrected chi connectivity index (χ3v) is 1.89. The lowest BCUT2D eigenvalue weighted by Gasteiger charge is -2.03. The summed E-state index contributed by atoms with van der Waals surface area (Å²) in [4.78, 5) is 0. The minimum absolute atomic E-state index is 0.0395. The van der Waals surface area contributed by atoms with Gasteiger partial charge in [0.1, 0.15) is 0 Å². The van der Waals surface area contributed by atoms with Gasteiger partial charge in [-0.25, -0.2) is 4.39 Å². The van der Waals surface area contributed by atoms with E-state index < -0.39 is 12.0 Å². The molecule has 15 heavy (non-hydrogen) atoms. The summed E-state index contributed by atoms with van der Waals surface area (Å²) in [7, 11) is 0. The van der Waals surface area contributed by atoms with Crippen LogP contribution in [0.15, 0.2) is 24.0 Å². The fourth-order valence-corrected chi connectivity index (χ4v) is 1.43. The van der Waals surface area contributed by atoms with Gasteiger partial charge < -0.3 is 0 Å². The number of halogens is 6. The summed E-state index contributed by atoms with van der Waals surface area (Å²) in [6.07, 6.45) is -4.66. The van der Waals surface area contributed by atoms with Gasteiger partial charge in [-0.1, -0.05) is 23.2 Å².